The lowest BCUT2D eigenvalue weighted by atomic mass is 10.2. The summed E-state index contributed by atoms with van der Waals surface area (Å²) in [4.78, 5) is 10.9. The summed E-state index contributed by atoms with van der Waals surface area (Å²) in [6, 6.07) is 0.621. The molecular weight excluding hydrogens is 292 g/mol. The van der Waals surface area contributed by atoms with Crippen molar-refractivity contribution in [1.29, 1.82) is 0 Å². The zero-order valence-electron chi connectivity index (χ0n) is 11.5. The Morgan fingerprint density at radius 2 is 2.43 bits per heavy atom. The van der Waals surface area contributed by atoms with Crippen LogP contribution in [0.3, 0.4) is 0 Å². The van der Waals surface area contributed by atoms with Gasteiger partial charge in [0.2, 0.25) is 5.28 Å². The predicted molar refractivity (Wildman–Crippen MR) is 79.5 cm³/mol. The topological polar surface area (TPSA) is 79.0 Å². The van der Waals surface area contributed by atoms with Gasteiger partial charge in [-0.05, 0) is 31.0 Å². The standard InChI is InChI=1S/C13H17ClN6O/c14-13-17-11(10-5-16-19-12(10)18-13)15-4-9-6-20-3-1-2-8(20)7-21-9/h5,8-9H,1-4,6-7H2,(H2,15,16,17,18,19). The van der Waals surface area contributed by atoms with Crippen LogP contribution in [0, 0.1) is 0 Å². The molecule has 2 fully saturated rings. The molecule has 2 aromatic heterocycles. The molecule has 0 bridgehead atoms. The molecule has 2 aromatic rings. The molecule has 0 aliphatic carbocycles. The van der Waals surface area contributed by atoms with E-state index in [9.17, 15) is 0 Å². The SMILES string of the molecule is Clc1nc(NCC2CN3CCCC3CO2)c2cn[nH]c2n1. The van der Waals surface area contributed by atoms with Crippen LogP contribution >= 0.6 is 11.6 Å². The van der Waals surface area contributed by atoms with Gasteiger partial charge in [-0.25, -0.2) is 0 Å². The second kappa shape index (κ2) is 5.40. The normalized spacial score (nSPS) is 26.1. The predicted octanol–water partition coefficient (Wildman–Crippen LogP) is 1.28. The van der Waals surface area contributed by atoms with Gasteiger partial charge in [0, 0.05) is 19.1 Å². The lowest BCUT2D eigenvalue weighted by molar-refractivity contribution is -0.0415. The summed E-state index contributed by atoms with van der Waals surface area (Å²) in [5.41, 5.74) is 0.640. The summed E-state index contributed by atoms with van der Waals surface area (Å²) in [5, 5.41) is 11.1. The smallest absolute Gasteiger partial charge is 0.226 e. The molecule has 21 heavy (non-hydrogen) atoms. The Hall–Kier alpha value is -1.44. The summed E-state index contributed by atoms with van der Waals surface area (Å²) in [7, 11) is 0. The van der Waals surface area contributed by atoms with Crippen LogP contribution in [-0.2, 0) is 4.74 Å². The van der Waals surface area contributed by atoms with Crippen molar-refractivity contribution < 1.29 is 4.74 Å². The first-order valence-corrected chi connectivity index (χ1v) is 7.63. The molecule has 2 N–H and O–H groups in total. The molecule has 7 nitrogen and oxygen atoms in total. The summed E-state index contributed by atoms with van der Waals surface area (Å²) in [5.74, 6) is 0.700. The van der Waals surface area contributed by atoms with Gasteiger partial charge in [-0.15, -0.1) is 0 Å². The number of nitrogens with one attached hydrogen (secondary N) is 2. The Morgan fingerprint density at radius 1 is 1.48 bits per heavy atom. The third-order valence-corrected chi connectivity index (χ3v) is 4.41. The number of aromatic amines is 1. The van der Waals surface area contributed by atoms with Crippen molar-refractivity contribution in [3.8, 4) is 0 Å². The summed E-state index contributed by atoms with van der Waals surface area (Å²) < 4.78 is 5.93. The highest BCUT2D eigenvalue weighted by atomic mass is 35.5. The maximum absolute atomic E-state index is 5.93. The Labute approximate surface area is 127 Å². The molecule has 2 unspecified atom stereocenters. The van der Waals surface area contributed by atoms with Gasteiger partial charge in [-0.2, -0.15) is 15.1 Å². The minimum Gasteiger partial charge on any atom is -0.373 e. The number of H-pyrrole nitrogens is 1. The second-order valence-corrected chi connectivity index (χ2v) is 5.94. The van der Waals surface area contributed by atoms with Crippen molar-refractivity contribution >= 4 is 28.5 Å². The monoisotopic (exact) mass is 308 g/mol. The van der Waals surface area contributed by atoms with Crippen LogP contribution < -0.4 is 5.32 Å². The first-order chi connectivity index (χ1) is 10.3. The number of ether oxygens (including phenoxy) is 1. The van der Waals surface area contributed by atoms with Crippen molar-refractivity contribution in [2.75, 3.05) is 31.6 Å². The molecule has 2 saturated heterocycles. The highest BCUT2D eigenvalue weighted by molar-refractivity contribution is 6.28. The van der Waals surface area contributed by atoms with E-state index in [-0.39, 0.29) is 11.4 Å². The molecule has 0 radical (unpaired) electrons. The quantitative estimate of drug-likeness (QED) is 0.832. The first-order valence-electron chi connectivity index (χ1n) is 7.26. The van der Waals surface area contributed by atoms with E-state index in [2.05, 4.69) is 30.4 Å². The second-order valence-electron chi connectivity index (χ2n) is 5.60. The number of anilines is 1. The molecule has 0 amide bonds. The van der Waals surface area contributed by atoms with E-state index in [0.717, 1.165) is 18.5 Å². The van der Waals surface area contributed by atoms with Crippen LogP contribution in [0.5, 0.6) is 0 Å². The molecule has 4 rings (SSSR count). The van der Waals surface area contributed by atoms with E-state index in [0.29, 0.717) is 24.1 Å². The third-order valence-electron chi connectivity index (χ3n) is 4.24. The van der Waals surface area contributed by atoms with Gasteiger partial charge in [0.1, 0.15) is 5.82 Å². The Bertz CT molecular complexity index is 647. The van der Waals surface area contributed by atoms with Gasteiger partial charge in [-0.3, -0.25) is 10.00 Å². The minimum absolute atomic E-state index is 0.176. The van der Waals surface area contributed by atoms with E-state index in [1.54, 1.807) is 6.20 Å². The lowest BCUT2D eigenvalue weighted by Gasteiger charge is -2.35. The van der Waals surface area contributed by atoms with Crippen LogP contribution in [0.1, 0.15) is 12.8 Å². The van der Waals surface area contributed by atoms with Crippen molar-refractivity contribution in [2.24, 2.45) is 0 Å². The van der Waals surface area contributed by atoms with E-state index in [1.807, 2.05) is 0 Å². The van der Waals surface area contributed by atoms with E-state index < -0.39 is 0 Å². The van der Waals surface area contributed by atoms with Crippen molar-refractivity contribution in [2.45, 2.75) is 25.0 Å². The molecule has 0 saturated carbocycles. The van der Waals surface area contributed by atoms with Gasteiger partial charge in [0.05, 0.1) is 24.3 Å². The zero-order chi connectivity index (χ0) is 14.2. The van der Waals surface area contributed by atoms with Crippen LogP contribution in [0.2, 0.25) is 5.28 Å². The minimum atomic E-state index is 0.176. The highest BCUT2D eigenvalue weighted by Crippen LogP contribution is 2.24. The van der Waals surface area contributed by atoms with Gasteiger partial charge < -0.3 is 10.1 Å². The van der Waals surface area contributed by atoms with Crippen LogP contribution in [0.15, 0.2) is 6.20 Å². The largest absolute Gasteiger partial charge is 0.373 e. The Morgan fingerprint density at radius 3 is 3.38 bits per heavy atom. The number of nitrogens with zero attached hydrogens (tertiary/aromatic N) is 4. The number of fused-ring (bicyclic) bond motifs is 2. The van der Waals surface area contributed by atoms with Gasteiger partial charge in [0.25, 0.3) is 0 Å². The van der Waals surface area contributed by atoms with Crippen molar-refractivity contribution in [3.05, 3.63) is 11.5 Å². The lowest BCUT2D eigenvalue weighted by Crippen LogP contribution is -2.48. The molecule has 2 atom stereocenters. The number of morpholine rings is 1. The molecule has 0 aromatic carbocycles. The number of hydrogen-bond donors (Lipinski definition) is 2. The van der Waals surface area contributed by atoms with Crippen molar-refractivity contribution in [3.63, 3.8) is 0 Å². The summed E-state index contributed by atoms with van der Waals surface area (Å²) in [6.45, 7) is 3.70. The van der Waals surface area contributed by atoms with Crippen LogP contribution in [0.4, 0.5) is 5.82 Å². The molecule has 2 aliphatic heterocycles. The molecule has 0 spiro atoms. The maximum atomic E-state index is 5.93. The first kappa shape index (κ1) is 13.2. The molecular formula is C13H17ClN6O. The maximum Gasteiger partial charge on any atom is 0.226 e. The number of hydrogen-bond acceptors (Lipinski definition) is 6. The third kappa shape index (κ3) is 2.56. The molecule has 2 aliphatic rings. The van der Waals surface area contributed by atoms with Gasteiger partial charge in [0.15, 0.2) is 5.65 Å². The highest BCUT2D eigenvalue weighted by Gasteiger charge is 2.32. The number of aromatic nitrogens is 4. The summed E-state index contributed by atoms with van der Waals surface area (Å²) >= 11 is 5.93. The van der Waals surface area contributed by atoms with Crippen LogP contribution in [0.25, 0.3) is 11.0 Å². The Kier molecular flexibility index (Phi) is 3.40. The molecule has 8 heteroatoms. The average Bonchev–Trinajstić information content (AvgIpc) is 3.12. The van der Waals surface area contributed by atoms with Crippen molar-refractivity contribution in [1.82, 2.24) is 25.1 Å². The molecule has 4 heterocycles. The average molecular weight is 309 g/mol. The van der Waals surface area contributed by atoms with Gasteiger partial charge >= 0.3 is 0 Å². The van der Waals surface area contributed by atoms with E-state index in [4.69, 9.17) is 16.3 Å². The Balaban J connectivity index is 1.45. The fourth-order valence-electron chi connectivity index (χ4n) is 3.16. The zero-order valence-corrected chi connectivity index (χ0v) is 12.3. The summed E-state index contributed by atoms with van der Waals surface area (Å²) in [6.07, 6.45) is 4.42. The van der Waals surface area contributed by atoms with E-state index in [1.165, 1.54) is 19.4 Å². The fourth-order valence-corrected chi connectivity index (χ4v) is 3.33. The number of halogens is 1. The number of rotatable bonds is 3. The van der Waals surface area contributed by atoms with E-state index >= 15 is 0 Å². The fraction of sp³-hybridized carbons (Fsp3) is 0.615. The van der Waals surface area contributed by atoms with Crippen LogP contribution in [-0.4, -0.2) is 63.5 Å². The molecule has 112 valence electrons. The van der Waals surface area contributed by atoms with Gasteiger partial charge in [-0.1, -0.05) is 0 Å².